The fraction of sp³-hybridized carbons (Fsp3) is 0.562. The van der Waals surface area contributed by atoms with E-state index in [0.717, 1.165) is 24.8 Å². The Morgan fingerprint density at radius 1 is 1.43 bits per heavy atom. The van der Waals surface area contributed by atoms with Crippen molar-refractivity contribution in [2.24, 2.45) is 0 Å². The number of nitrogens with one attached hydrogen (secondary N) is 1. The van der Waals surface area contributed by atoms with Gasteiger partial charge in [0.2, 0.25) is 0 Å². The normalized spacial score (nSPS) is 17.0. The van der Waals surface area contributed by atoms with Gasteiger partial charge in [-0.1, -0.05) is 24.1 Å². The third-order valence-corrected chi connectivity index (χ3v) is 4.16. The molecule has 0 atom stereocenters. The molecule has 0 heterocycles. The van der Waals surface area contributed by atoms with Crippen LogP contribution in [0, 0.1) is 0 Å². The Labute approximate surface area is 130 Å². The number of halogens is 1. The first kappa shape index (κ1) is 16.1. The average Bonchev–Trinajstić information content (AvgIpc) is 2.30. The second kappa shape index (κ2) is 5.85. The van der Waals surface area contributed by atoms with Gasteiger partial charge in [0, 0.05) is 5.41 Å². The van der Waals surface area contributed by atoms with E-state index in [4.69, 9.17) is 16.3 Å². The van der Waals surface area contributed by atoms with Gasteiger partial charge in [-0.05, 0) is 51.3 Å². The molecule has 1 aromatic carbocycles. The second-order valence-corrected chi connectivity index (χ2v) is 7.02. The molecule has 4 nitrogen and oxygen atoms in total. The van der Waals surface area contributed by atoms with Crippen molar-refractivity contribution in [2.75, 3.05) is 11.9 Å². The molecule has 0 bridgehead atoms. The molecular formula is C16H22ClNO3. The molecule has 116 valence electrons. The summed E-state index contributed by atoms with van der Waals surface area (Å²) in [5.74, 6) is 0. The van der Waals surface area contributed by atoms with Gasteiger partial charge in [-0.3, -0.25) is 5.32 Å². The van der Waals surface area contributed by atoms with Gasteiger partial charge < -0.3 is 9.84 Å². The molecule has 1 amide bonds. The summed E-state index contributed by atoms with van der Waals surface area (Å²) < 4.78 is 5.23. The van der Waals surface area contributed by atoms with Crippen LogP contribution in [0.4, 0.5) is 10.5 Å². The summed E-state index contributed by atoms with van der Waals surface area (Å²) in [6.07, 6.45) is 2.49. The second-order valence-electron chi connectivity index (χ2n) is 6.61. The maximum Gasteiger partial charge on any atom is 0.412 e. The number of rotatable bonds is 3. The molecule has 0 unspecified atom stereocenters. The van der Waals surface area contributed by atoms with E-state index < -0.39 is 11.7 Å². The molecule has 0 aliphatic heterocycles. The summed E-state index contributed by atoms with van der Waals surface area (Å²) in [6.45, 7) is 5.53. The van der Waals surface area contributed by atoms with Gasteiger partial charge in [0.1, 0.15) is 5.60 Å². The smallest absolute Gasteiger partial charge is 0.412 e. The number of aliphatic hydroxyl groups is 1. The zero-order valence-electron chi connectivity index (χ0n) is 12.7. The van der Waals surface area contributed by atoms with Gasteiger partial charge in [-0.2, -0.15) is 0 Å². The van der Waals surface area contributed by atoms with Crippen molar-refractivity contribution in [3.63, 3.8) is 0 Å². The van der Waals surface area contributed by atoms with Crippen molar-refractivity contribution in [3.8, 4) is 0 Å². The quantitative estimate of drug-likeness (QED) is 0.883. The predicted octanol–water partition coefficient (Wildman–Crippen LogP) is 4.10. The Hall–Kier alpha value is -1.26. The third kappa shape index (κ3) is 3.69. The Kier molecular flexibility index (Phi) is 4.49. The molecule has 0 aromatic heterocycles. The van der Waals surface area contributed by atoms with Crippen molar-refractivity contribution < 1.29 is 14.6 Å². The molecule has 1 saturated carbocycles. The standard InChI is InChI=1S/C16H22ClNO3/c1-15(2,3)21-14(20)18-13-9-11(5-6-12(13)17)16(10-19)7-4-8-16/h5-6,9,19H,4,7-8,10H2,1-3H3,(H,18,20). The molecule has 21 heavy (non-hydrogen) atoms. The van der Waals surface area contributed by atoms with Crippen LogP contribution in [0.1, 0.15) is 45.6 Å². The number of carbonyl (C=O) groups is 1. The van der Waals surface area contributed by atoms with Crippen LogP contribution < -0.4 is 5.32 Å². The molecule has 2 N–H and O–H groups in total. The molecule has 1 aliphatic rings. The van der Waals surface area contributed by atoms with E-state index in [2.05, 4.69) is 5.32 Å². The van der Waals surface area contributed by atoms with Gasteiger partial charge >= 0.3 is 6.09 Å². The van der Waals surface area contributed by atoms with Gasteiger partial charge in [0.05, 0.1) is 17.3 Å². The lowest BCUT2D eigenvalue weighted by Gasteiger charge is -2.41. The van der Waals surface area contributed by atoms with E-state index in [1.165, 1.54) is 0 Å². The lowest BCUT2D eigenvalue weighted by molar-refractivity contribution is 0.0636. The first-order valence-electron chi connectivity index (χ1n) is 7.17. The van der Waals surface area contributed by atoms with E-state index in [1.807, 2.05) is 12.1 Å². The molecule has 1 aliphatic carbocycles. The SMILES string of the molecule is CC(C)(C)OC(=O)Nc1cc(C2(CO)CCC2)ccc1Cl. The monoisotopic (exact) mass is 311 g/mol. The van der Waals surface area contributed by atoms with Gasteiger partial charge in [-0.15, -0.1) is 0 Å². The van der Waals surface area contributed by atoms with Crippen LogP contribution in [-0.4, -0.2) is 23.4 Å². The van der Waals surface area contributed by atoms with Crippen molar-refractivity contribution in [1.82, 2.24) is 0 Å². The number of carbonyl (C=O) groups excluding carboxylic acids is 1. The first-order valence-corrected chi connectivity index (χ1v) is 7.54. The number of amides is 1. The average molecular weight is 312 g/mol. The summed E-state index contributed by atoms with van der Waals surface area (Å²) in [6, 6.07) is 5.50. The van der Waals surface area contributed by atoms with Gasteiger partial charge in [0.25, 0.3) is 0 Å². The highest BCUT2D eigenvalue weighted by atomic mass is 35.5. The maximum atomic E-state index is 11.9. The molecule has 0 saturated heterocycles. The highest BCUT2D eigenvalue weighted by molar-refractivity contribution is 6.33. The fourth-order valence-electron chi connectivity index (χ4n) is 2.51. The van der Waals surface area contributed by atoms with Crippen LogP contribution in [0.25, 0.3) is 0 Å². The number of hydrogen-bond acceptors (Lipinski definition) is 3. The van der Waals surface area contributed by atoms with E-state index in [9.17, 15) is 9.90 Å². The molecule has 0 radical (unpaired) electrons. The van der Waals surface area contributed by atoms with E-state index in [-0.39, 0.29) is 12.0 Å². The van der Waals surface area contributed by atoms with Crippen molar-refractivity contribution in [3.05, 3.63) is 28.8 Å². The fourth-order valence-corrected chi connectivity index (χ4v) is 2.67. The van der Waals surface area contributed by atoms with E-state index in [0.29, 0.717) is 10.7 Å². The Morgan fingerprint density at radius 2 is 2.10 bits per heavy atom. The van der Waals surface area contributed by atoms with Crippen molar-refractivity contribution >= 4 is 23.4 Å². The van der Waals surface area contributed by atoms with Crippen LogP contribution in [0.15, 0.2) is 18.2 Å². The molecule has 1 fully saturated rings. The molecule has 1 aromatic rings. The summed E-state index contributed by atoms with van der Waals surface area (Å²) in [5.41, 5.74) is 0.776. The summed E-state index contributed by atoms with van der Waals surface area (Å²) in [5, 5.41) is 12.8. The number of aliphatic hydroxyl groups excluding tert-OH is 1. The van der Waals surface area contributed by atoms with Crippen molar-refractivity contribution in [1.29, 1.82) is 0 Å². The maximum absolute atomic E-state index is 11.9. The number of benzene rings is 1. The lowest BCUT2D eigenvalue weighted by Crippen LogP contribution is -2.38. The Bertz CT molecular complexity index is 527. The highest BCUT2D eigenvalue weighted by Crippen LogP contribution is 2.44. The van der Waals surface area contributed by atoms with Crippen molar-refractivity contribution in [2.45, 2.75) is 51.0 Å². The molecule has 2 rings (SSSR count). The first-order chi connectivity index (χ1) is 9.76. The molecular weight excluding hydrogens is 290 g/mol. The predicted molar refractivity (Wildman–Crippen MR) is 83.9 cm³/mol. The van der Waals surface area contributed by atoms with Crippen LogP contribution in [-0.2, 0) is 10.2 Å². The third-order valence-electron chi connectivity index (χ3n) is 3.83. The minimum atomic E-state index is -0.561. The molecule has 0 spiro atoms. The molecule has 5 heteroatoms. The van der Waals surface area contributed by atoms with Gasteiger partial charge in [0.15, 0.2) is 0 Å². The zero-order valence-corrected chi connectivity index (χ0v) is 13.5. The minimum Gasteiger partial charge on any atom is -0.444 e. The summed E-state index contributed by atoms with van der Waals surface area (Å²) >= 11 is 6.13. The van der Waals surface area contributed by atoms with Gasteiger partial charge in [-0.25, -0.2) is 4.79 Å². The minimum absolute atomic E-state index is 0.112. The number of hydrogen-bond donors (Lipinski definition) is 2. The van der Waals surface area contributed by atoms with Crippen LogP contribution in [0.2, 0.25) is 5.02 Å². The number of anilines is 1. The van der Waals surface area contributed by atoms with E-state index in [1.54, 1.807) is 26.8 Å². The zero-order chi connectivity index (χ0) is 15.7. The lowest BCUT2D eigenvalue weighted by atomic mass is 9.65. The Morgan fingerprint density at radius 3 is 2.57 bits per heavy atom. The Balaban J connectivity index is 2.18. The van der Waals surface area contributed by atoms with Crippen LogP contribution in [0.5, 0.6) is 0 Å². The largest absolute Gasteiger partial charge is 0.444 e. The van der Waals surface area contributed by atoms with Crippen LogP contribution >= 0.6 is 11.6 Å². The number of ether oxygens (including phenoxy) is 1. The van der Waals surface area contributed by atoms with Crippen LogP contribution in [0.3, 0.4) is 0 Å². The highest BCUT2D eigenvalue weighted by Gasteiger charge is 2.38. The summed E-state index contributed by atoms with van der Waals surface area (Å²) in [7, 11) is 0. The summed E-state index contributed by atoms with van der Waals surface area (Å²) in [4.78, 5) is 11.9. The topological polar surface area (TPSA) is 58.6 Å². The van der Waals surface area contributed by atoms with E-state index >= 15 is 0 Å².